The molecule has 39 heavy (non-hydrogen) atoms. The van der Waals surface area contributed by atoms with Gasteiger partial charge in [-0.2, -0.15) is 0 Å². The number of hydrogen-bond acceptors (Lipinski definition) is 4. The molecule has 9 heteroatoms. The fraction of sp³-hybridized carbons (Fsp3) is 1.00. The Hall–Kier alpha value is 0.924. The third-order valence-electron chi connectivity index (χ3n) is 9.55. The average Bonchev–Trinajstić information content (AvgIpc) is 2.70. The Bertz CT molecular complexity index is 595. The first-order chi connectivity index (χ1) is 17.5. The highest BCUT2D eigenvalue weighted by atomic mass is 28.5. The maximum Gasteiger partial charge on any atom is 0.311 e. The maximum atomic E-state index is 6.96. The third-order valence-corrected chi connectivity index (χ3v) is 34.2. The summed E-state index contributed by atoms with van der Waals surface area (Å²) in [5.41, 5.74) is 4.51. The van der Waals surface area contributed by atoms with E-state index in [1.165, 1.54) is 24.9 Å². The van der Waals surface area contributed by atoms with Gasteiger partial charge < -0.3 is 18.2 Å². The van der Waals surface area contributed by atoms with E-state index in [4.69, 9.17) is 8.23 Å². The maximum absolute atomic E-state index is 6.96. The Morgan fingerprint density at radius 1 is 0.436 bits per heavy atom. The molecule has 0 radical (unpaired) electrons. The molecular weight excluding hydrogens is 561 g/mol. The average molecular weight is 635 g/mol. The minimum atomic E-state index is -2.18. The molecule has 236 valence electrons. The van der Waals surface area contributed by atoms with Gasteiger partial charge in [0, 0.05) is 0 Å². The molecule has 0 aliphatic rings. The van der Waals surface area contributed by atoms with E-state index in [9.17, 15) is 0 Å². The SMILES string of the molecule is CC(C)[Si](NCCC[Si](C)(C)O[Si](C)(C)O[Si](C)(C)CCCN[Si](C(C)C)(C(C)C)C(C)C)(C(C)C)C(C)C. The molecule has 4 nitrogen and oxygen atoms in total. The number of nitrogens with one attached hydrogen (secondary N) is 2. The molecule has 0 bridgehead atoms. The van der Waals surface area contributed by atoms with E-state index in [1.54, 1.807) is 0 Å². The Kier molecular flexibility index (Phi) is 16.5. The Labute approximate surface area is 252 Å². The summed E-state index contributed by atoms with van der Waals surface area (Å²) in [6.07, 6.45) is 2.43. The minimum Gasteiger partial charge on any atom is -0.437 e. The van der Waals surface area contributed by atoms with Crippen LogP contribution in [0.1, 0.15) is 95.9 Å². The molecule has 0 aliphatic carbocycles. The van der Waals surface area contributed by atoms with E-state index in [0.717, 1.165) is 46.3 Å². The van der Waals surface area contributed by atoms with Gasteiger partial charge in [0.2, 0.25) is 0 Å². The van der Waals surface area contributed by atoms with E-state index < -0.39 is 41.7 Å². The molecule has 0 saturated carbocycles. The predicted octanol–water partition coefficient (Wildman–Crippen LogP) is 10.4. The van der Waals surface area contributed by atoms with Crippen LogP contribution in [0.3, 0.4) is 0 Å². The molecule has 0 unspecified atom stereocenters. The third kappa shape index (κ3) is 11.8. The van der Waals surface area contributed by atoms with Gasteiger partial charge in [-0.15, -0.1) is 0 Å². The van der Waals surface area contributed by atoms with Gasteiger partial charge in [0.1, 0.15) is 16.5 Å². The first kappa shape index (κ1) is 39.9. The van der Waals surface area contributed by atoms with Crippen LogP contribution in [0.2, 0.25) is 84.6 Å². The molecule has 0 aromatic rings. The summed E-state index contributed by atoms with van der Waals surface area (Å²) in [6.45, 7) is 45.7. The van der Waals surface area contributed by atoms with Crippen LogP contribution >= 0.6 is 0 Å². The fourth-order valence-corrected chi connectivity index (χ4v) is 34.0. The first-order valence-electron chi connectivity index (χ1n) is 16.4. The normalized spacial score (nSPS) is 14.8. The van der Waals surface area contributed by atoms with Crippen molar-refractivity contribution in [3.8, 4) is 0 Å². The van der Waals surface area contributed by atoms with Gasteiger partial charge in [0.25, 0.3) is 0 Å². The van der Waals surface area contributed by atoms with Crippen molar-refractivity contribution in [3.63, 3.8) is 0 Å². The van der Waals surface area contributed by atoms with Crippen molar-refractivity contribution in [1.29, 1.82) is 0 Å². The van der Waals surface area contributed by atoms with Crippen LogP contribution in [0.5, 0.6) is 0 Å². The van der Waals surface area contributed by atoms with Gasteiger partial charge in [-0.05, 0) is 111 Å². The van der Waals surface area contributed by atoms with E-state index in [0.29, 0.717) is 0 Å². The summed E-state index contributed by atoms with van der Waals surface area (Å²) >= 11 is 0. The molecule has 0 saturated heterocycles. The number of hydrogen-bond donors (Lipinski definition) is 2. The summed E-state index contributed by atoms with van der Waals surface area (Å²) in [7, 11) is -8.83. The van der Waals surface area contributed by atoms with Crippen LogP contribution in [-0.4, -0.2) is 54.8 Å². The molecule has 0 aromatic carbocycles. The van der Waals surface area contributed by atoms with E-state index in [1.807, 2.05) is 0 Å². The highest BCUT2D eigenvalue weighted by molar-refractivity contribution is 6.88. The largest absolute Gasteiger partial charge is 0.437 e. The van der Waals surface area contributed by atoms with Crippen LogP contribution in [0.15, 0.2) is 0 Å². The van der Waals surface area contributed by atoms with Crippen molar-refractivity contribution in [2.75, 3.05) is 13.1 Å². The molecule has 0 spiro atoms. The molecule has 0 aromatic heterocycles. The van der Waals surface area contributed by atoms with Gasteiger partial charge >= 0.3 is 8.56 Å². The summed E-state index contributed by atoms with van der Waals surface area (Å²) in [4.78, 5) is 8.31. The van der Waals surface area contributed by atoms with Gasteiger partial charge in [-0.25, -0.2) is 0 Å². The van der Waals surface area contributed by atoms with Gasteiger partial charge in [-0.3, -0.25) is 0 Å². The second-order valence-corrected chi connectivity index (χ2v) is 39.8. The van der Waals surface area contributed by atoms with Crippen molar-refractivity contribution >= 4 is 41.7 Å². The highest BCUT2D eigenvalue weighted by Gasteiger charge is 2.44. The summed E-state index contributed by atoms with van der Waals surface area (Å²) in [6, 6.07) is 2.41. The molecule has 0 aliphatic heterocycles. The van der Waals surface area contributed by atoms with E-state index >= 15 is 0 Å². The van der Waals surface area contributed by atoms with Crippen molar-refractivity contribution in [3.05, 3.63) is 0 Å². The number of rotatable bonds is 20. The zero-order chi connectivity index (χ0) is 31.0. The minimum absolute atomic E-state index is 0.751. The molecule has 2 N–H and O–H groups in total. The zero-order valence-electron chi connectivity index (χ0n) is 30.0. The highest BCUT2D eigenvalue weighted by Crippen LogP contribution is 2.40. The van der Waals surface area contributed by atoms with Crippen molar-refractivity contribution < 1.29 is 8.23 Å². The molecule has 0 amide bonds. The molecular formula is C30H74N2O2Si5. The zero-order valence-corrected chi connectivity index (χ0v) is 35.0. The van der Waals surface area contributed by atoms with Crippen molar-refractivity contribution in [2.45, 2.75) is 181 Å². The van der Waals surface area contributed by atoms with Crippen molar-refractivity contribution in [1.82, 2.24) is 9.96 Å². The van der Waals surface area contributed by atoms with Crippen LogP contribution in [0.4, 0.5) is 0 Å². The monoisotopic (exact) mass is 634 g/mol. The Morgan fingerprint density at radius 3 is 0.872 bits per heavy atom. The molecule has 0 fully saturated rings. The fourth-order valence-electron chi connectivity index (χ4n) is 8.32. The predicted molar refractivity (Wildman–Crippen MR) is 192 cm³/mol. The lowest BCUT2D eigenvalue weighted by molar-refractivity contribution is 0.386. The van der Waals surface area contributed by atoms with Crippen LogP contribution in [-0.2, 0) is 8.23 Å². The standard InChI is InChI=1S/C30H74N2O2Si5/c1-25(2)38(26(3)4,27(5)6)31-21-19-23-35(13,14)33-37(17,18)34-36(15,16)24-20-22-32-39(28(7)8,29(9)10)30(11)12/h25-32H,19-24H2,1-18H3. The Balaban J connectivity index is 4.98. The van der Waals surface area contributed by atoms with Gasteiger partial charge in [0.15, 0.2) is 16.6 Å². The molecule has 0 heterocycles. The summed E-state index contributed by atoms with van der Waals surface area (Å²) in [5, 5.41) is 0. The van der Waals surface area contributed by atoms with E-state index in [2.05, 4.69) is 132 Å². The van der Waals surface area contributed by atoms with Gasteiger partial charge in [-0.1, -0.05) is 83.1 Å². The van der Waals surface area contributed by atoms with Crippen LogP contribution in [0, 0.1) is 0 Å². The first-order valence-corrected chi connectivity index (χ1v) is 29.9. The Morgan fingerprint density at radius 2 is 0.667 bits per heavy atom. The smallest absolute Gasteiger partial charge is 0.311 e. The lowest BCUT2D eigenvalue weighted by atomic mass is 10.5. The topological polar surface area (TPSA) is 42.5 Å². The molecule has 0 atom stereocenters. The summed E-state index contributed by atoms with van der Waals surface area (Å²) < 4.78 is 13.9. The lowest BCUT2D eigenvalue weighted by Crippen LogP contribution is -2.58. The van der Waals surface area contributed by atoms with Crippen LogP contribution < -0.4 is 9.96 Å². The van der Waals surface area contributed by atoms with Crippen LogP contribution in [0.25, 0.3) is 0 Å². The molecule has 0 rings (SSSR count). The second kappa shape index (κ2) is 16.1. The summed E-state index contributed by atoms with van der Waals surface area (Å²) in [5.74, 6) is 0. The van der Waals surface area contributed by atoms with E-state index in [-0.39, 0.29) is 0 Å². The lowest BCUT2D eigenvalue weighted by Gasteiger charge is -2.44. The second-order valence-electron chi connectivity index (χ2n) is 16.0. The quantitative estimate of drug-likeness (QED) is 0.103. The van der Waals surface area contributed by atoms with Gasteiger partial charge in [0.05, 0.1) is 0 Å². The van der Waals surface area contributed by atoms with Crippen molar-refractivity contribution in [2.24, 2.45) is 0 Å².